The number of carbonyl (C=O) groups excluding carboxylic acids is 1. The molecular formula is C6H12N2O3. The van der Waals surface area contributed by atoms with Crippen molar-refractivity contribution in [2.24, 2.45) is 0 Å². The van der Waals surface area contributed by atoms with E-state index in [9.17, 15) is 4.79 Å². The van der Waals surface area contributed by atoms with Gasteiger partial charge in [0.25, 0.3) is 0 Å². The molecule has 5 heteroatoms. The standard InChI is InChI=1S/C6H12N2O3/c9-5-6(10)11-8-3-1-7-2-4-8/h7,9H,1-5H2. The summed E-state index contributed by atoms with van der Waals surface area (Å²) in [6.07, 6.45) is 0. The van der Waals surface area contributed by atoms with Crippen LogP contribution < -0.4 is 5.32 Å². The number of carbonyl (C=O) groups is 1. The quantitative estimate of drug-likeness (QED) is 0.506. The average Bonchev–Trinajstić information content (AvgIpc) is 2.06. The van der Waals surface area contributed by atoms with Gasteiger partial charge in [-0.15, -0.1) is 5.06 Å². The molecule has 0 spiro atoms. The SMILES string of the molecule is O=C(CO)ON1CCNCC1. The van der Waals surface area contributed by atoms with Gasteiger partial charge in [-0.05, 0) is 0 Å². The van der Waals surface area contributed by atoms with Gasteiger partial charge in [-0.3, -0.25) is 0 Å². The summed E-state index contributed by atoms with van der Waals surface area (Å²) >= 11 is 0. The van der Waals surface area contributed by atoms with Crippen molar-refractivity contribution >= 4 is 5.97 Å². The van der Waals surface area contributed by atoms with Crippen LogP contribution in [0.1, 0.15) is 0 Å². The van der Waals surface area contributed by atoms with E-state index >= 15 is 0 Å². The van der Waals surface area contributed by atoms with Crippen LogP contribution in [0.3, 0.4) is 0 Å². The maximum atomic E-state index is 10.5. The molecule has 0 amide bonds. The second kappa shape index (κ2) is 4.27. The van der Waals surface area contributed by atoms with Crippen LogP contribution in [-0.4, -0.2) is 48.9 Å². The molecule has 0 aromatic carbocycles. The molecule has 1 heterocycles. The lowest BCUT2D eigenvalue weighted by molar-refractivity contribution is -0.195. The Hall–Kier alpha value is -0.650. The first kappa shape index (κ1) is 8.45. The molecule has 64 valence electrons. The highest BCUT2D eigenvalue weighted by Crippen LogP contribution is 1.93. The zero-order valence-electron chi connectivity index (χ0n) is 6.25. The summed E-state index contributed by atoms with van der Waals surface area (Å²) in [5.74, 6) is -0.591. The molecule has 0 bridgehead atoms. The number of piperazine rings is 1. The molecule has 1 aliphatic heterocycles. The van der Waals surface area contributed by atoms with Crippen LogP contribution in [0.5, 0.6) is 0 Å². The van der Waals surface area contributed by atoms with Crippen molar-refractivity contribution in [3.63, 3.8) is 0 Å². The molecule has 0 saturated carbocycles. The largest absolute Gasteiger partial charge is 0.385 e. The number of hydrogen-bond donors (Lipinski definition) is 2. The molecule has 5 nitrogen and oxygen atoms in total. The van der Waals surface area contributed by atoms with Crippen molar-refractivity contribution in [2.45, 2.75) is 0 Å². The van der Waals surface area contributed by atoms with Crippen molar-refractivity contribution in [3.8, 4) is 0 Å². The van der Waals surface area contributed by atoms with Gasteiger partial charge >= 0.3 is 5.97 Å². The van der Waals surface area contributed by atoms with Gasteiger partial charge in [0.1, 0.15) is 6.61 Å². The first-order valence-electron chi connectivity index (χ1n) is 3.60. The third kappa shape index (κ3) is 2.83. The van der Waals surface area contributed by atoms with Gasteiger partial charge in [0.2, 0.25) is 0 Å². The first-order valence-corrected chi connectivity index (χ1v) is 3.60. The fourth-order valence-corrected chi connectivity index (χ4v) is 0.908. The van der Waals surface area contributed by atoms with Crippen molar-refractivity contribution in [3.05, 3.63) is 0 Å². The van der Waals surface area contributed by atoms with Crippen molar-refractivity contribution in [1.29, 1.82) is 0 Å². The van der Waals surface area contributed by atoms with E-state index in [0.29, 0.717) is 13.1 Å². The summed E-state index contributed by atoms with van der Waals surface area (Å²) in [4.78, 5) is 15.3. The smallest absolute Gasteiger partial charge is 0.350 e. The van der Waals surface area contributed by atoms with Gasteiger partial charge in [-0.25, -0.2) is 4.79 Å². The Morgan fingerprint density at radius 1 is 1.55 bits per heavy atom. The summed E-state index contributed by atoms with van der Waals surface area (Å²) in [5, 5.41) is 13.0. The normalized spacial score (nSPS) is 19.7. The minimum absolute atomic E-state index is 0.552. The van der Waals surface area contributed by atoms with E-state index in [-0.39, 0.29) is 0 Å². The number of nitrogens with zero attached hydrogens (tertiary/aromatic N) is 1. The number of aliphatic hydroxyl groups excluding tert-OH is 1. The van der Waals surface area contributed by atoms with Crippen LogP contribution in [-0.2, 0) is 9.63 Å². The Kier molecular flexibility index (Phi) is 3.28. The second-order valence-corrected chi connectivity index (χ2v) is 2.30. The lowest BCUT2D eigenvalue weighted by atomic mass is 10.4. The van der Waals surface area contributed by atoms with Crippen molar-refractivity contribution < 1.29 is 14.7 Å². The number of hydroxylamine groups is 2. The van der Waals surface area contributed by atoms with Crippen LogP contribution >= 0.6 is 0 Å². The number of rotatable bonds is 2. The predicted molar refractivity (Wildman–Crippen MR) is 37.6 cm³/mol. The summed E-state index contributed by atoms with van der Waals surface area (Å²) in [7, 11) is 0. The van der Waals surface area contributed by atoms with Crippen LogP contribution in [0.4, 0.5) is 0 Å². The van der Waals surface area contributed by atoms with Crippen LogP contribution in [0, 0.1) is 0 Å². The minimum Gasteiger partial charge on any atom is -0.385 e. The van der Waals surface area contributed by atoms with Gasteiger partial charge in [0.15, 0.2) is 0 Å². The predicted octanol–water partition coefficient (Wildman–Crippen LogP) is -1.66. The Bertz CT molecular complexity index is 134. The van der Waals surface area contributed by atoms with Gasteiger partial charge in [0.05, 0.1) is 0 Å². The highest BCUT2D eigenvalue weighted by atomic mass is 16.7. The Morgan fingerprint density at radius 2 is 2.18 bits per heavy atom. The molecule has 0 aliphatic carbocycles. The Balaban J connectivity index is 2.19. The molecule has 0 aromatic rings. The fourth-order valence-electron chi connectivity index (χ4n) is 0.908. The molecule has 0 atom stereocenters. The monoisotopic (exact) mass is 160 g/mol. The molecule has 1 aliphatic rings. The van der Waals surface area contributed by atoms with E-state index in [0.717, 1.165) is 13.1 Å². The van der Waals surface area contributed by atoms with E-state index in [4.69, 9.17) is 9.94 Å². The van der Waals surface area contributed by atoms with E-state index in [1.807, 2.05) is 0 Å². The van der Waals surface area contributed by atoms with E-state index in [2.05, 4.69) is 5.32 Å². The van der Waals surface area contributed by atoms with Gasteiger partial charge in [0, 0.05) is 26.2 Å². The molecule has 0 aromatic heterocycles. The third-order valence-corrected chi connectivity index (χ3v) is 1.44. The van der Waals surface area contributed by atoms with Crippen molar-refractivity contribution in [2.75, 3.05) is 32.8 Å². The molecule has 11 heavy (non-hydrogen) atoms. The molecular weight excluding hydrogens is 148 g/mol. The minimum atomic E-state index is -0.591. The van der Waals surface area contributed by atoms with Gasteiger partial charge < -0.3 is 15.3 Å². The maximum absolute atomic E-state index is 10.5. The van der Waals surface area contributed by atoms with Crippen LogP contribution in [0.2, 0.25) is 0 Å². The summed E-state index contributed by atoms with van der Waals surface area (Å²) in [6.45, 7) is 2.46. The lowest BCUT2D eigenvalue weighted by Gasteiger charge is -2.25. The summed E-state index contributed by atoms with van der Waals surface area (Å²) in [6, 6.07) is 0. The van der Waals surface area contributed by atoms with E-state index in [1.54, 1.807) is 5.06 Å². The molecule has 1 rings (SSSR count). The second-order valence-electron chi connectivity index (χ2n) is 2.30. The molecule has 2 N–H and O–H groups in total. The van der Waals surface area contributed by atoms with Gasteiger partial charge in [-0.1, -0.05) is 0 Å². The third-order valence-electron chi connectivity index (χ3n) is 1.44. The Morgan fingerprint density at radius 3 is 2.73 bits per heavy atom. The van der Waals surface area contributed by atoms with Crippen molar-refractivity contribution in [1.82, 2.24) is 10.4 Å². The average molecular weight is 160 g/mol. The lowest BCUT2D eigenvalue weighted by Crippen LogP contribution is -2.44. The van der Waals surface area contributed by atoms with Crippen LogP contribution in [0.25, 0.3) is 0 Å². The zero-order valence-corrected chi connectivity index (χ0v) is 6.25. The maximum Gasteiger partial charge on any atom is 0.350 e. The molecule has 0 unspecified atom stereocenters. The first-order chi connectivity index (χ1) is 5.33. The summed E-state index contributed by atoms with van der Waals surface area (Å²) < 4.78 is 0. The Labute approximate surface area is 64.9 Å². The number of hydrogen-bond acceptors (Lipinski definition) is 5. The van der Waals surface area contributed by atoms with E-state index < -0.39 is 12.6 Å². The fraction of sp³-hybridized carbons (Fsp3) is 0.833. The molecule has 0 radical (unpaired) electrons. The van der Waals surface area contributed by atoms with Crippen LogP contribution in [0.15, 0.2) is 0 Å². The highest BCUT2D eigenvalue weighted by molar-refractivity contribution is 5.69. The summed E-state index contributed by atoms with van der Waals surface area (Å²) in [5.41, 5.74) is 0. The highest BCUT2D eigenvalue weighted by Gasteiger charge is 2.13. The molecule has 1 saturated heterocycles. The number of aliphatic hydroxyl groups is 1. The topological polar surface area (TPSA) is 61.8 Å². The van der Waals surface area contributed by atoms with E-state index in [1.165, 1.54) is 0 Å². The molecule has 1 fully saturated rings. The zero-order chi connectivity index (χ0) is 8.10. The number of nitrogens with one attached hydrogen (secondary N) is 1. The van der Waals surface area contributed by atoms with Gasteiger partial charge in [-0.2, -0.15) is 0 Å².